The van der Waals surface area contributed by atoms with Crippen LogP contribution in [0.3, 0.4) is 0 Å². The molecule has 1 aliphatic heterocycles. The quantitative estimate of drug-likeness (QED) is 0.717. The maximum atomic E-state index is 12.1. The van der Waals surface area contributed by atoms with Crippen LogP contribution in [-0.2, 0) is 13.0 Å². The summed E-state index contributed by atoms with van der Waals surface area (Å²) in [5, 5.41) is 2.78. The van der Waals surface area contributed by atoms with E-state index in [9.17, 15) is 4.79 Å². The number of nitrogens with zero attached hydrogens (tertiary/aromatic N) is 5. The summed E-state index contributed by atoms with van der Waals surface area (Å²) >= 11 is 0. The van der Waals surface area contributed by atoms with E-state index in [0.717, 1.165) is 31.7 Å². The number of benzene rings is 1. The van der Waals surface area contributed by atoms with Crippen LogP contribution < -0.4 is 5.56 Å². The van der Waals surface area contributed by atoms with Gasteiger partial charge in [0, 0.05) is 31.7 Å². The average Bonchev–Trinajstić information content (AvgIpc) is 3.16. The van der Waals surface area contributed by atoms with Crippen molar-refractivity contribution in [2.24, 2.45) is 0 Å². The fourth-order valence-corrected chi connectivity index (χ4v) is 3.85. The van der Waals surface area contributed by atoms with E-state index in [1.807, 2.05) is 0 Å². The average molecular weight is 366 g/mol. The summed E-state index contributed by atoms with van der Waals surface area (Å²) in [6.07, 6.45) is 4.95. The molecule has 0 bridgehead atoms. The first-order valence-electron chi connectivity index (χ1n) is 9.57. The number of rotatable bonds is 6. The van der Waals surface area contributed by atoms with Crippen LogP contribution in [0.2, 0.25) is 0 Å². The number of aromatic amines is 1. The molecule has 1 atom stereocenters. The summed E-state index contributed by atoms with van der Waals surface area (Å²) in [4.78, 5) is 25.6. The fraction of sp³-hybridized carbons (Fsp3) is 0.450. The van der Waals surface area contributed by atoms with Crippen LogP contribution in [0.5, 0.6) is 0 Å². The molecule has 3 aromatic rings. The lowest BCUT2D eigenvalue weighted by Crippen LogP contribution is -2.46. The van der Waals surface area contributed by atoms with Crippen molar-refractivity contribution in [1.82, 2.24) is 29.4 Å². The monoisotopic (exact) mass is 366 g/mol. The van der Waals surface area contributed by atoms with Crippen LogP contribution in [-0.4, -0.2) is 62.1 Å². The zero-order valence-electron chi connectivity index (χ0n) is 15.7. The van der Waals surface area contributed by atoms with Gasteiger partial charge in [-0.15, -0.1) is 0 Å². The van der Waals surface area contributed by atoms with Crippen molar-refractivity contribution >= 4 is 5.78 Å². The molecule has 0 spiro atoms. The van der Waals surface area contributed by atoms with Gasteiger partial charge in [0.1, 0.15) is 6.33 Å². The minimum atomic E-state index is -0.110. The van der Waals surface area contributed by atoms with Crippen LogP contribution >= 0.6 is 0 Å². The van der Waals surface area contributed by atoms with Gasteiger partial charge in [0.05, 0.1) is 5.69 Å². The predicted octanol–water partition coefficient (Wildman–Crippen LogP) is 1.56. The van der Waals surface area contributed by atoms with Gasteiger partial charge in [0.25, 0.3) is 11.3 Å². The molecule has 0 aliphatic carbocycles. The second kappa shape index (κ2) is 8.02. The minimum absolute atomic E-state index is 0.110. The Balaban J connectivity index is 1.36. The molecule has 4 rings (SSSR count). The third-order valence-corrected chi connectivity index (χ3v) is 5.41. The minimum Gasteiger partial charge on any atom is -0.302 e. The Morgan fingerprint density at radius 3 is 3.00 bits per heavy atom. The highest BCUT2D eigenvalue weighted by atomic mass is 16.1. The van der Waals surface area contributed by atoms with Gasteiger partial charge < -0.3 is 4.90 Å². The molecule has 7 nitrogen and oxygen atoms in total. The number of likely N-dealkylation sites (N-methyl/N-ethyl adjacent to an activating group) is 1. The highest BCUT2D eigenvalue weighted by Gasteiger charge is 2.23. The Morgan fingerprint density at radius 1 is 1.30 bits per heavy atom. The number of piperidine rings is 1. The molecule has 1 aromatic carbocycles. The Kier molecular flexibility index (Phi) is 5.31. The summed E-state index contributed by atoms with van der Waals surface area (Å²) in [6, 6.07) is 12.8. The molecule has 0 radical (unpaired) electrons. The molecule has 1 saturated heterocycles. The van der Waals surface area contributed by atoms with Gasteiger partial charge in [-0.05, 0) is 38.4 Å². The van der Waals surface area contributed by atoms with Crippen molar-refractivity contribution in [3.63, 3.8) is 0 Å². The van der Waals surface area contributed by atoms with Crippen molar-refractivity contribution in [1.29, 1.82) is 0 Å². The summed E-state index contributed by atoms with van der Waals surface area (Å²) in [6.45, 7) is 3.81. The Hall–Kier alpha value is -2.51. The smallest absolute Gasteiger partial charge is 0.274 e. The number of aromatic nitrogens is 4. The van der Waals surface area contributed by atoms with Gasteiger partial charge >= 0.3 is 0 Å². The van der Waals surface area contributed by atoms with Crippen molar-refractivity contribution < 1.29 is 0 Å². The van der Waals surface area contributed by atoms with Crippen LogP contribution in [0.15, 0.2) is 47.5 Å². The van der Waals surface area contributed by atoms with Crippen LogP contribution in [0.1, 0.15) is 24.1 Å². The first-order valence-corrected chi connectivity index (χ1v) is 9.57. The summed E-state index contributed by atoms with van der Waals surface area (Å²) in [7, 11) is 2.22. The van der Waals surface area contributed by atoms with Crippen LogP contribution in [0.25, 0.3) is 5.78 Å². The highest BCUT2D eigenvalue weighted by Crippen LogP contribution is 2.17. The SMILES string of the molecule is CN(CCc1ccccc1)[C@@H]1CCCN(Cc2cc(=O)n3[nH]cnc3n2)C1. The summed E-state index contributed by atoms with van der Waals surface area (Å²) < 4.78 is 1.36. The van der Waals surface area contributed by atoms with E-state index in [-0.39, 0.29) is 5.56 Å². The van der Waals surface area contributed by atoms with E-state index in [0.29, 0.717) is 18.4 Å². The van der Waals surface area contributed by atoms with Crippen LogP contribution in [0, 0.1) is 0 Å². The standard InChI is InChI=1S/C20H26N6O/c1-24(11-9-16-6-3-2-4-7-16)18-8-5-10-25(14-18)13-17-12-19(27)26-20(23-17)21-15-22-26/h2-4,6-7,12,15,18H,5,8-11,13-14H2,1H3,(H,21,22,23)/t18-/m1/s1. The summed E-state index contributed by atoms with van der Waals surface area (Å²) in [5.41, 5.74) is 2.06. The number of hydrogen-bond acceptors (Lipinski definition) is 5. The van der Waals surface area contributed by atoms with Gasteiger partial charge in [-0.1, -0.05) is 30.3 Å². The first-order chi connectivity index (χ1) is 13.2. The predicted molar refractivity (Wildman–Crippen MR) is 105 cm³/mol. The molecular formula is C20H26N6O. The number of hydrogen-bond donors (Lipinski definition) is 1. The molecule has 0 saturated carbocycles. The van der Waals surface area contributed by atoms with Crippen molar-refractivity contribution in [3.8, 4) is 0 Å². The zero-order chi connectivity index (χ0) is 18.6. The largest absolute Gasteiger partial charge is 0.302 e. The Morgan fingerprint density at radius 2 is 2.15 bits per heavy atom. The fourth-order valence-electron chi connectivity index (χ4n) is 3.85. The van der Waals surface area contributed by atoms with Gasteiger partial charge in [0.15, 0.2) is 0 Å². The third-order valence-electron chi connectivity index (χ3n) is 5.41. The second-order valence-electron chi connectivity index (χ2n) is 7.36. The van der Waals surface area contributed by atoms with E-state index < -0.39 is 0 Å². The van der Waals surface area contributed by atoms with Crippen LogP contribution in [0.4, 0.5) is 0 Å². The molecule has 142 valence electrons. The van der Waals surface area contributed by atoms with E-state index in [4.69, 9.17) is 0 Å². The molecule has 0 amide bonds. The topological polar surface area (TPSA) is 69.5 Å². The van der Waals surface area contributed by atoms with E-state index in [1.54, 1.807) is 6.07 Å². The number of fused-ring (bicyclic) bond motifs is 1. The van der Waals surface area contributed by atoms with Gasteiger partial charge in [0.2, 0.25) is 0 Å². The lowest BCUT2D eigenvalue weighted by atomic mass is 10.0. The van der Waals surface area contributed by atoms with Gasteiger partial charge in [-0.25, -0.2) is 9.97 Å². The first kappa shape index (κ1) is 17.9. The molecule has 1 aliphatic rings. The Bertz CT molecular complexity index is 934. The maximum Gasteiger partial charge on any atom is 0.274 e. The van der Waals surface area contributed by atoms with Crippen molar-refractivity contribution in [2.75, 3.05) is 26.7 Å². The van der Waals surface area contributed by atoms with Gasteiger partial charge in [-0.3, -0.25) is 14.8 Å². The normalized spacial score (nSPS) is 18.4. The molecule has 1 N–H and O–H groups in total. The lowest BCUT2D eigenvalue weighted by molar-refractivity contribution is 0.111. The molecule has 7 heteroatoms. The second-order valence-corrected chi connectivity index (χ2v) is 7.36. The van der Waals surface area contributed by atoms with Gasteiger partial charge in [-0.2, -0.15) is 4.52 Å². The van der Waals surface area contributed by atoms with E-state index in [1.165, 1.54) is 29.2 Å². The van der Waals surface area contributed by atoms with E-state index >= 15 is 0 Å². The molecule has 2 aromatic heterocycles. The van der Waals surface area contributed by atoms with E-state index in [2.05, 4.69) is 62.2 Å². The Labute approximate surface area is 158 Å². The van der Waals surface area contributed by atoms with Crippen molar-refractivity contribution in [3.05, 3.63) is 64.3 Å². The number of likely N-dealkylation sites (tertiary alicyclic amines) is 1. The highest BCUT2D eigenvalue weighted by molar-refractivity contribution is 5.26. The number of H-pyrrole nitrogens is 1. The lowest BCUT2D eigenvalue weighted by Gasteiger charge is -2.37. The van der Waals surface area contributed by atoms with Crippen molar-refractivity contribution in [2.45, 2.75) is 31.8 Å². The zero-order valence-corrected chi connectivity index (χ0v) is 15.7. The molecule has 1 fully saturated rings. The maximum absolute atomic E-state index is 12.1. The molecule has 3 heterocycles. The number of nitrogens with one attached hydrogen (secondary N) is 1. The molecule has 0 unspecified atom stereocenters. The summed E-state index contributed by atoms with van der Waals surface area (Å²) in [5.74, 6) is 0.436. The molecule has 27 heavy (non-hydrogen) atoms. The molecular weight excluding hydrogens is 340 g/mol. The third kappa shape index (κ3) is 4.26.